The van der Waals surface area contributed by atoms with Gasteiger partial charge in [0.2, 0.25) is 0 Å². The van der Waals surface area contributed by atoms with Crippen LogP contribution in [0.3, 0.4) is 0 Å². The minimum absolute atomic E-state index is 0.0995. The summed E-state index contributed by atoms with van der Waals surface area (Å²) in [5.74, 6) is 0. The maximum Gasteiger partial charge on any atom is 0.305 e. The number of hydrogen-bond donors (Lipinski definition) is 1. The van der Waals surface area contributed by atoms with E-state index in [4.69, 9.17) is 12.2 Å². The number of rotatable bonds is 0. The molecule has 0 aliphatic rings. The van der Waals surface area contributed by atoms with Gasteiger partial charge in [-0.2, -0.15) is 0 Å². The molecule has 0 saturated carbocycles. The van der Waals surface area contributed by atoms with Crippen molar-refractivity contribution in [2.24, 2.45) is 0 Å². The highest BCUT2D eigenvalue weighted by molar-refractivity contribution is 7.73. The monoisotopic (exact) mass is 145 g/mol. The molecular formula is C4H3NOS2. The molecule has 2 nitrogen and oxygen atoms in total. The molecule has 0 saturated heterocycles. The van der Waals surface area contributed by atoms with E-state index in [-0.39, 0.29) is 4.87 Å². The lowest BCUT2D eigenvalue weighted by Crippen LogP contribution is -1.95. The summed E-state index contributed by atoms with van der Waals surface area (Å²) in [5.41, 5.74) is 0. The van der Waals surface area contributed by atoms with Crippen molar-refractivity contribution >= 4 is 23.6 Å². The summed E-state index contributed by atoms with van der Waals surface area (Å²) in [6.07, 6.45) is 1.54. The highest BCUT2D eigenvalue weighted by atomic mass is 32.1. The fourth-order valence-electron chi connectivity index (χ4n) is 0.333. The molecule has 0 aliphatic carbocycles. The lowest BCUT2D eigenvalue weighted by atomic mass is 10.8. The van der Waals surface area contributed by atoms with Crippen molar-refractivity contribution < 1.29 is 0 Å². The molecule has 1 rings (SSSR count). The van der Waals surface area contributed by atoms with Gasteiger partial charge in [0.1, 0.15) is 0 Å². The summed E-state index contributed by atoms with van der Waals surface area (Å²) in [6, 6.07) is 1.68. The largest absolute Gasteiger partial charge is 0.320 e. The first kappa shape index (κ1) is 5.65. The van der Waals surface area contributed by atoms with Gasteiger partial charge in [0, 0.05) is 6.20 Å². The Hall–Kier alpha value is -0.480. The number of aromatic amines is 1. The average Bonchev–Trinajstić information content (AvgIpc) is 1.64. The number of aromatic nitrogens is 1. The van der Waals surface area contributed by atoms with Crippen LogP contribution in [0, 0.1) is 3.82 Å². The van der Waals surface area contributed by atoms with E-state index in [0.717, 1.165) is 11.3 Å². The second-order valence-electron chi connectivity index (χ2n) is 1.19. The Morgan fingerprint density at radius 2 is 2.50 bits per heavy atom. The Labute approximate surface area is 54.8 Å². The Morgan fingerprint density at radius 1 is 1.75 bits per heavy atom. The smallest absolute Gasteiger partial charge is 0.305 e. The fraction of sp³-hybridized carbons (Fsp3) is 0. The Kier molecular flexibility index (Phi) is 1.55. The van der Waals surface area contributed by atoms with Gasteiger partial charge in [0.25, 0.3) is 0 Å². The molecule has 0 unspecified atom stereocenters. The summed E-state index contributed by atoms with van der Waals surface area (Å²) in [7, 11) is 0. The molecule has 42 valence electrons. The van der Waals surface area contributed by atoms with Crippen molar-refractivity contribution in [2.45, 2.75) is 0 Å². The third-order valence-electron chi connectivity index (χ3n) is 0.614. The molecule has 1 N–H and O–H groups in total. The van der Waals surface area contributed by atoms with E-state index in [1.807, 2.05) is 0 Å². The fourth-order valence-corrected chi connectivity index (χ4v) is 1.07. The second kappa shape index (κ2) is 2.19. The second-order valence-corrected chi connectivity index (χ2v) is 2.90. The van der Waals surface area contributed by atoms with Crippen LogP contribution in [0.2, 0.25) is 0 Å². The predicted octanol–water partition coefficient (Wildman–Crippen LogP) is 1.17. The maximum absolute atomic E-state index is 10.4. The van der Waals surface area contributed by atoms with Gasteiger partial charge in [-0.3, -0.25) is 4.79 Å². The molecule has 4 heteroatoms. The first-order valence-electron chi connectivity index (χ1n) is 1.98. The molecule has 0 radical (unpaired) electrons. The highest BCUT2D eigenvalue weighted by Crippen LogP contribution is 1.87. The predicted molar refractivity (Wildman–Crippen MR) is 35.8 cm³/mol. The minimum atomic E-state index is -0.0995. The van der Waals surface area contributed by atoms with Gasteiger partial charge in [-0.05, 0) is 6.07 Å². The highest BCUT2D eigenvalue weighted by Gasteiger charge is 1.77. The van der Waals surface area contributed by atoms with Gasteiger partial charge >= 0.3 is 4.87 Å². The zero-order valence-corrected chi connectivity index (χ0v) is 5.51. The molecule has 0 bridgehead atoms. The number of hydrogen-bond acceptors (Lipinski definition) is 3. The average molecular weight is 145 g/mol. The van der Waals surface area contributed by atoms with Crippen LogP contribution in [0.25, 0.3) is 0 Å². The molecule has 1 aromatic heterocycles. The van der Waals surface area contributed by atoms with Gasteiger partial charge in [-0.1, -0.05) is 23.6 Å². The summed E-state index contributed by atoms with van der Waals surface area (Å²) in [6.45, 7) is 0. The van der Waals surface area contributed by atoms with E-state index in [9.17, 15) is 4.79 Å². The van der Waals surface area contributed by atoms with Crippen molar-refractivity contribution in [3.8, 4) is 0 Å². The summed E-state index contributed by atoms with van der Waals surface area (Å²) in [5, 5.41) is 0. The number of nitrogens with one attached hydrogen (secondary N) is 1. The molecule has 0 amide bonds. The molecule has 1 heterocycles. The Morgan fingerprint density at radius 3 is 2.88 bits per heavy atom. The summed E-state index contributed by atoms with van der Waals surface area (Å²) in [4.78, 5) is 12.8. The van der Waals surface area contributed by atoms with Gasteiger partial charge in [-0.15, -0.1) is 0 Å². The van der Waals surface area contributed by atoms with Crippen LogP contribution in [0.5, 0.6) is 0 Å². The maximum atomic E-state index is 10.4. The summed E-state index contributed by atoms with van der Waals surface area (Å²) < 4.78 is 0.619. The lowest BCUT2D eigenvalue weighted by molar-refractivity contribution is 1.31. The molecule has 0 aromatic carbocycles. The van der Waals surface area contributed by atoms with E-state index in [1.54, 1.807) is 12.3 Å². The summed E-state index contributed by atoms with van der Waals surface area (Å²) >= 11 is 5.73. The van der Waals surface area contributed by atoms with Gasteiger partial charge < -0.3 is 4.98 Å². The molecule has 0 aliphatic heterocycles. The van der Waals surface area contributed by atoms with Crippen LogP contribution in [-0.2, 0) is 0 Å². The Balaban J connectivity index is 3.50. The van der Waals surface area contributed by atoms with E-state index in [0.29, 0.717) is 3.82 Å². The first-order valence-corrected chi connectivity index (χ1v) is 3.20. The third-order valence-corrected chi connectivity index (χ3v) is 1.64. The molecule has 8 heavy (non-hydrogen) atoms. The quantitative estimate of drug-likeness (QED) is 0.556. The van der Waals surface area contributed by atoms with E-state index < -0.39 is 0 Å². The SMILES string of the molecule is O=c1[nH]ccc(=S)s1. The third kappa shape index (κ3) is 1.24. The van der Waals surface area contributed by atoms with Crippen molar-refractivity contribution in [1.29, 1.82) is 0 Å². The van der Waals surface area contributed by atoms with Crippen LogP contribution < -0.4 is 4.87 Å². The zero-order valence-electron chi connectivity index (χ0n) is 3.88. The van der Waals surface area contributed by atoms with E-state index in [2.05, 4.69) is 4.98 Å². The van der Waals surface area contributed by atoms with Crippen molar-refractivity contribution in [2.75, 3.05) is 0 Å². The number of H-pyrrole nitrogens is 1. The van der Waals surface area contributed by atoms with Crippen LogP contribution in [-0.4, -0.2) is 4.98 Å². The lowest BCUT2D eigenvalue weighted by Gasteiger charge is -1.74. The molecule has 1 aromatic rings. The van der Waals surface area contributed by atoms with Gasteiger partial charge in [0.05, 0.1) is 3.82 Å². The van der Waals surface area contributed by atoms with Crippen molar-refractivity contribution in [3.63, 3.8) is 0 Å². The molecular weight excluding hydrogens is 142 g/mol. The van der Waals surface area contributed by atoms with Crippen LogP contribution >= 0.6 is 23.6 Å². The van der Waals surface area contributed by atoms with Gasteiger partial charge in [0.15, 0.2) is 0 Å². The first-order chi connectivity index (χ1) is 3.79. The Bertz CT molecular complexity index is 248. The van der Waals surface area contributed by atoms with E-state index >= 15 is 0 Å². The van der Waals surface area contributed by atoms with Crippen LogP contribution in [0.1, 0.15) is 0 Å². The normalized spacial score (nSPS) is 9.00. The molecule has 0 spiro atoms. The molecule has 0 atom stereocenters. The molecule has 0 fully saturated rings. The van der Waals surface area contributed by atoms with Gasteiger partial charge in [-0.25, -0.2) is 0 Å². The van der Waals surface area contributed by atoms with Crippen molar-refractivity contribution in [3.05, 3.63) is 25.8 Å². The standard InChI is InChI=1S/C4H3NOS2/c6-4-5-2-1-3(7)8-4/h1-2H,(H,5,6). The minimum Gasteiger partial charge on any atom is -0.320 e. The topological polar surface area (TPSA) is 32.9 Å². The zero-order chi connectivity index (χ0) is 5.98. The van der Waals surface area contributed by atoms with Crippen LogP contribution in [0.15, 0.2) is 17.1 Å². The van der Waals surface area contributed by atoms with Crippen LogP contribution in [0.4, 0.5) is 0 Å². The van der Waals surface area contributed by atoms with Crippen molar-refractivity contribution in [1.82, 2.24) is 4.98 Å². The van der Waals surface area contributed by atoms with E-state index in [1.165, 1.54) is 0 Å².